The number of benzene rings is 2. The molecule has 1 aliphatic rings. The Morgan fingerprint density at radius 2 is 1.83 bits per heavy atom. The van der Waals surface area contributed by atoms with Crippen LogP contribution in [0.25, 0.3) is 0 Å². The van der Waals surface area contributed by atoms with Gasteiger partial charge in [0, 0.05) is 27.7 Å². The van der Waals surface area contributed by atoms with Crippen LogP contribution in [-0.2, 0) is 0 Å². The lowest BCUT2D eigenvalue weighted by atomic mass is 10.2. The van der Waals surface area contributed by atoms with Crippen molar-refractivity contribution in [2.24, 2.45) is 0 Å². The van der Waals surface area contributed by atoms with Crippen molar-refractivity contribution in [3.8, 4) is 0 Å². The molecule has 0 aliphatic carbocycles. The molecule has 0 radical (unpaired) electrons. The van der Waals surface area contributed by atoms with Crippen LogP contribution in [0.1, 0.15) is 20.5 Å². The van der Waals surface area contributed by atoms with Crippen LogP contribution in [0.3, 0.4) is 0 Å². The SMILES string of the molecule is O=C(Nc1cccc(C2SCCS2)c1)c1ccc(SC(F)F)cc1. The number of thioether (sulfide) groups is 3. The van der Waals surface area contributed by atoms with Crippen LogP contribution < -0.4 is 5.32 Å². The second kappa shape index (κ2) is 8.27. The summed E-state index contributed by atoms with van der Waals surface area (Å²) < 4.78 is 25.1. The van der Waals surface area contributed by atoms with Crippen LogP contribution in [0.15, 0.2) is 53.4 Å². The minimum atomic E-state index is -2.46. The van der Waals surface area contributed by atoms with E-state index in [0.717, 1.165) is 17.2 Å². The van der Waals surface area contributed by atoms with Gasteiger partial charge in [0.25, 0.3) is 11.7 Å². The lowest BCUT2D eigenvalue weighted by Gasteiger charge is -2.11. The van der Waals surface area contributed by atoms with Gasteiger partial charge in [-0.05, 0) is 42.0 Å². The average molecular weight is 384 g/mol. The first-order valence-corrected chi connectivity index (χ1v) is 10.3. The molecular weight excluding hydrogens is 368 g/mol. The third-order valence-electron chi connectivity index (χ3n) is 3.38. The summed E-state index contributed by atoms with van der Waals surface area (Å²) >= 11 is 4.29. The van der Waals surface area contributed by atoms with E-state index >= 15 is 0 Å². The fraction of sp³-hybridized carbons (Fsp3) is 0.235. The highest BCUT2D eigenvalue weighted by atomic mass is 32.2. The first-order chi connectivity index (χ1) is 11.6. The predicted octanol–water partition coefficient (Wildman–Crippen LogP) is 5.73. The second-order valence-corrected chi connectivity index (χ2v) is 8.84. The summed E-state index contributed by atoms with van der Waals surface area (Å²) in [6, 6.07) is 14.1. The van der Waals surface area contributed by atoms with Gasteiger partial charge in [-0.15, -0.1) is 23.5 Å². The van der Waals surface area contributed by atoms with E-state index in [4.69, 9.17) is 0 Å². The maximum Gasteiger partial charge on any atom is 0.288 e. The molecule has 1 N–H and O–H groups in total. The van der Waals surface area contributed by atoms with E-state index in [0.29, 0.717) is 26.8 Å². The van der Waals surface area contributed by atoms with Crippen molar-refractivity contribution in [2.45, 2.75) is 15.2 Å². The summed E-state index contributed by atoms with van der Waals surface area (Å²) in [5.41, 5.74) is 2.39. The van der Waals surface area contributed by atoms with Crippen LogP contribution >= 0.6 is 35.3 Å². The third kappa shape index (κ3) is 4.68. The Morgan fingerprint density at radius 1 is 1.12 bits per heavy atom. The molecular formula is C17H15F2NOS3. The van der Waals surface area contributed by atoms with Crippen molar-refractivity contribution >= 4 is 46.9 Å². The number of alkyl halides is 2. The number of amides is 1. The summed E-state index contributed by atoms with van der Waals surface area (Å²) in [5.74, 6) is -0.407. The average Bonchev–Trinajstić information content (AvgIpc) is 3.10. The van der Waals surface area contributed by atoms with Crippen LogP contribution in [0.2, 0.25) is 0 Å². The summed E-state index contributed by atoms with van der Waals surface area (Å²) in [6.45, 7) is 0. The molecule has 7 heteroatoms. The molecule has 24 heavy (non-hydrogen) atoms. The van der Waals surface area contributed by atoms with E-state index in [1.54, 1.807) is 12.1 Å². The zero-order valence-electron chi connectivity index (χ0n) is 12.6. The standard InChI is InChI=1S/C17H15F2NOS3/c18-17(19)24-14-6-4-11(5-7-14)15(21)20-13-3-1-2-12(10-13)16-22-8-9-23-16/h1-7,10,16-17H,8-9H2,(H,20,21). The zero-order valence-corrected chi connectivity index (χ0v) is 15.0. The van der Waals surface area contributed by atoms with E-state index in [1.165, 1.54) is 17.7 Å². The number of nitrogens with one attached hydrogen (secondary N) is 1. The van der Waals surface area contributed by atoms with Crippen LogP contribution in [-0.4, -0.2) is 23.2 Å². The largest absolute Gasteiger partial charge is 0.322 e. The Morgan fingerprint density at radius 3 is 2.50 bits per heavy atom. The molecule has 2 aromatic rings. The Balaban J connectivity index is 1.67. The third-order valence-corrected chi connectivity index (χ3v) is 7.21. The minimum absolute atomic E-state index is 0.243. The smallest absolute Gasteiger partial charge is 0.288 e. The number of hydrogen-bond donors (Lipinski definition) is 1. The van der Waals surface area contributed by atoms with Crippen LogP contribution in [0, 0.1) is 0 Å². The first-order valence-electron chi connectivity index (χ1n) is 7.31. The molecule has 0 saturated carbocycles. The lowest BCUT2D eigenvalue weighted by molar-refractivity contribution is 0.102. The summed E-state index contributed by atoms with van der Waals surface area (Å²) in [7, 11) is 0. The Bertz CT molecular complexity index is 703. The molecule has 3 rings (SSSR count). The van der Waals surface area contributed by atoms with Crippen LogP contribution in [0.5, 0.6) is 0 Å². The predicted molar refractivity (Wildman–Crippen MR) is 100 cm³/mol. The second-order valence-electron chi connectivity index (χ2n) is 5.06. The number of carbonyl (C=O) groups excluding carboxylic acids is 1. The molecule has 0 atom stereocenters. The van der Waals surface area contributed by atoms with E-state index in [-0.39, 0.29) is 5.91 Å². The van der Waals surface area contributed by atoms with Gasteiger partial charge in [0.2, 0.25) is 0 Å². The van der Waals surface area contributed by atoms with E-state index in [1.807, 2.05) is 41.7 Å². The molecule has 2 nitrogen and oxygen atoms in total. The monoisotopic (exact) mass is 383 g/mol. The molecule has 126 valence electrons. The van der Waals surface area contributed by atoms with Gasteiger partial charge >= 0.3 is 0 Å². The summed E-state index contributed by atoms with van der Waals surface area (Å²) in [6.07, 6.45) is 0. The summed E-state index contributed by atoms with van der Waals surface area (Å²) in [5, 5.41) is 2.87. The molecule has 0 spiro atoms. The van der Waals surface area contributed by atoms with Gasteiger partial charge in [0.15, 0.2) is 0 Å². The zero-order chi connectivity index (χ0) is 16.9. The van der Waals surface area contributed by atoms with Crippen LogP contribution in [0.4, 0.5) is 14.5 Å². The number of rotatable bonds is 5. The molecule has 0 bridgehead atoms. The van der Waals surface area contributed by atoms with Gasteiger partial charge in [0.05, 0.1) is 4.58 Å². The Hall–Kier alpha value is -1.18. The normalized spacial score (nSPS) is 15.0. The van der Waals surface area contributed by atoms with E-state index in [9.17, 15) is 13.6 Å². The molecule has 1 fully saturated rings. The molecule has 0 aromatic heterocycles. The topological polar surface area (TPSA) is 29.1 Å². The highest BCUT2D eigenvalue weighted by Crippen LogP contribution is 2.45. The van der Waals surface area contributed by atoms with E-state index in [2.05, 4.69) is 11.4 Å². The Kier molecular flexibility index (Phi) is 6.08. The maximum absolute atomic E-state index is 12.3. The number of halogens is 2. The highest BCUT2D eigenvalue weighted by Gasteiger charge is 2.18. The molecule has 1 aliphatic heterocycles. The molecule has 1 saturated heterocycles. The maximum atomic E-state index is 12.3. The number of hydrogen-bond acceptors (Lipinski definition) is 4. The number of anilines is 1. The van der Waals surface area contributed by atoms with Gasteiger partial charge in [-0.25, -0.2) is 0 Å². The quantitative estimate of drug-likeness (QED) is 0.668. The van der Waals surface area contributed by atoms with Gasteiger partial charge in [-0.3, -0.25) is 4.79 Å². The number of carbonyl (C=O) groups is 1. The molecule has 1 heterocycles. The van der Waals surface area contributed by atoms with Gasteiger partial charge in [-0.1, -0.05) is 23.9 Å². The van der Waals surface area contributed by atoms with Crippen molar-refractivity contribution < 1.29 is 13.6 Å². The van der Waals surface area contributed by atoms with Crippen molar-refractivity contribution in [2.75, 3.05) is 16.8 Å². The minimum Gasteiger partial charge on any atom is -0.322 e. The fourth-order valence-corrected chi connectivity index (χ4v) is 5.64. The van der Waals surface area contributed by atoms with Gasteiger partial charge in [0.1, 0.15) is 0 Å². The van der Waals surface area contributed by atoms with Crippen molar-refractivity contribution in [3.05, 3.63) is 59.7 Å². The van der Waals surface area contributed by atoms with Crippen molar-refractivity contribution in [1.82, 2.24) is 0 Å². The molecule has 1 amide bonds. The molecule has 0 unspecified atom stereocenters. The highest BCUT2D eigenvalue weighted by molar-refractivity contribution is 8.19. The van der Waals surface area contributed by atoms with Crippen molar-refractivity contribution in [1.29, 1.82) is 0 Å². The Labute approximate surface area is 152 Å². The first kappa shape index (κ1) is 17.6. The van der Waals surface area contributed by atoms with E-state index < -0.39 is 5.76 Å². The van der Waals surface area contributed by atoms with Crippen molar-refractivity contribution in [3.63, 3.8) is 0 Å². The van der Waals surface area contributed by atoms with Gasteiger partial charge < -0.3 is 5.32 Å². The molecule has 2 aromatic carbocycles. The summed E-state index contributed by atoms with van der Waals surface area (Å²) in [4.78, 5) is 12.7. The lowest BCUT2D eigenvalue weighted by Crippen LogP contribution is -2.11. The fourth-order valence-electron chi connectivity index (χ4n) is 2.30. The van der Waals surface area contributed by atoms with Gasteiger partial charge in [-0.2, -0.15) is 8.78 Å².